The van der Waals surface area contributed by atoms with Crippen LogP contribution in [0.1, 0.15) is 32.1 Å². The summed E-state index contributed by atoms with van der Waals surface area (Å²) in [5.41, 5.74) is 0. The lowest BCUT2D eigenvalue weighted by molar-refractivity contribution is 0.282. The van der Waals surface area contributed by atoms with Gasteiger partial charge < -0.3 is 5.11 Å². The Labute approximate surface area is 80.3 Å². The fourth-order valence-corrected chi connectivity index (χ4v) is 1.75. The normalized spacial score (nSPS) is 10.1. The van der Waals surface area contributed by atoms with Gasteiger partial charge in [-0.25, -0.2) is 0 Å². The van der Waals surface area contributed by atoms with Crippen molar-refractivity contribution in [3.05, 3.63) is 12.7 Å². The summed E-state index contributed by atoms with van der Waals surface area (Å²) in [6, 6.07) is 0. The van der Waals surface area contributed by atoms with E-state index in [0.717, 1.165) is 12.2 Å². The first-order chi connectivity index (χ1) is 5.91. The van der Waals surface area contributed by atoms with Crippen LogP contribution in [0.3, 0.4) is 0 Å². The number of hydrogen-bond donors (Lipinski definition) is 1. The van der Waals surface area contributed by atoms with E-state index >= 15 is 0 Å². The van der Waals surface area contributed by atoms with Gasteiger partial charge in [-0.3, -0.25) is 0 Å². The number of aliphatic hydroxyl groups is 1. The second-order valence-corrected chi connectivity index (χ2v) is 4.00. The maximum Gasteiger partial charge on any atom is 0.0431 e. The summed E-state index contributed by atoms with van der Waals surface area (Å²) < 4.78 is 0. The van der Waals surface area contributed by atoms with E-state index in [2.05, 4.69) is 6.58 Å². The molecule has 0 aliphatic rings. The van der Waals surface area contributed by atoms with Crippen molar-refractivity contribution >= 4 is 11.8 Å². The van der Waals surface area contributed by atoms with Gasteiger partial charge in [0.05, 0.1) is 0 Å². The molecule has 0 heterocycles. The van der Waals surface area contributed by atoms with E-state index in [0.29, 0.717) is 6.61 Å². The highest BCUT2D eigenvalue weighted by Crippen LogP contribution is 2.08. The van der Waals surface area contributed by atoms with Crippen molar-refractivity contribution in [1.29, 1.82) is 0 Å². The molecular weight excluding hydrogens is 168 g/mol. The van der Waals surface area contributed by atoms with Gasteiger partial charge in [-0.1, -0.05) is 25.3 Å². The highest BCUT2D eigenvalue weighted by molar-refractivity contribution is 7.99. The summed E-state index contributed by atoms with van der Waals surface area (Å²) in [5.74, 6) is 2.34. The van der Waals surface area contributed by atoms with Gasteiger partial charge in [0, 0.05) is 12.4 Å². The van der Waals surface area contributed by atoms with E-state index < -0.39 is 0 Å². The minimum Gasteiger partial charge on any atom is -0.396 e. The summed E-state index contributed by atoms with van der Waals surface area (Å²) in [5, 5.41) is 8.52. The molecule has 0 aliphatic carbocycles. The minimum atomic E-state index is 0.352. The fraction of sp³-hybridized carbons (Fsp3) is 0.800. The molecule has 0 saturated carbocycles. The SMILES string of the molecule is C=CCSCCCCCCCO. The average molecular weight is 188 g/mol. The van der Waals surface area contributed by atoms with Crippen LogP contribution < -0.4 is 0 Å². The molecule has 72 valence electrons. The molecule has 0 rings (SSSR count). The molecule has 2 heteroatoms. The van der Waals surface area contributed by atoms with Crippen molar-refractivity contribution in [2.75, 3.05) is 18.1 Å². The molecule has 0 atom stereocenters. The summed E-state index contributed by atoms with van der Waals surface area (Å²) in [7, 11) is 0. The standard InChI is InChI=1S/C10H20OS/c1-2-9-12-10-7-5-3-4-6-8-11/h2,11H,1,3-10H2. The zero-order chi connectivity index (χ0) is 9.07. The van der Waals surface area contributed by atoms with Crippen LogP contribution in [0.25, 0.3) is 0 Å². The predicted molar refractivity (Wildman–Crippen MR) is 57.7 cm³/mol. The molecule has 0 spiro atoms. The summed E-state index contributed by atoms with van der Waals surface area (Å²) in [6.45, 7) is 4.02. The van der Waals surface area contributed by atoms with E-state index in [1.807, 2.05) is 17.8 Å². The largest absolute Gasteiger partial charge is 0.396 e. The third-order valence-corrected chi connectivity index (χ3v) is 2.73. The smallest absolute Gasteiger partial charge is 0.0431 e. The van der Waals surface area contributed by atoms with Crippen LogP contribution in [0, 0.1) is 0 Å². The van der Waals surface area contributed by atoms with Crippen molar-refractivity contribution in [1.82, 2.24) is 0 Å². The number of unbranched alkanes of at least 4 members (excludes halogenated alkanes) is 4. The van der Waals surface area contributed by atoms with Crippen molar-refractivity contribution < 1.29 is 5.11 Å². The Hall–Kier alpha value is 0.0500. The van der Waals surface area contributed by atoms with Gasteiger partial charge in [-0.15, -0.1) is 6.58 Å². The van der Waals surface area contributed by atoms with Crippen LogP contribution in [0.15, 0.2) is 12.7 Å². The van der Waals surface area contributed by atoms with E-state index in [1.165, 1.54) is 31.4 Å². The van der Waals surface area contributed by atoms with Crippen molar-refractivity contribution in [3.63, 3.8) is 0 Å². The van der Waals surface area contributed by atoms with Gasteiger partial charge in [0.15, 0.2) is 0 Å². The Balaban J connectivity index is 2.77. The van der Waals surface area contributed by atoms with E-state index in [-0.39, 0.29) is 0 Å². The third kappa shape index (κ3) is 10.0. The van der Waals surface area contributed by atoms with Gasteiger partial charge in [0.2, 0.25) is 0 Å². The van der Waals surface area contributed by atoms with Crippen LogP contribution in [-0.4, -0.2) is 23.2 Å². The first-order valence-electron chi connectivity index (χ1n) is 4.71. The zero-order valence-electron chi connectivity index (χ0n) is 7.80. The molecule has 0 aromatic rings. The second kappa shape index (κ2) is 11.1. The lowest BCUT2D eigenvalue weighted by Gasteiger charge is -1.99. The molecule has 0 aliphatic heterocycles. The second-order valence-electron chi connectivity index (χ2n) is 2.85. The topological polar surface area (TPSA) is 20.2 Å². The molecule has 0 saturated heterocycles. The van der Waals surface area contributed by atoms with Crippen molar-refractivity contribution in [2.45, 2.75) is 32.1 Å². The number of hydrogen-bond acceptors (Lipinski definition) is 2. The number of aliphatic hydroxyl groups excluding tert-OH is 1. The van der Waals surface area contributed by atoms with Gasteiger partial charge in [0.1, 0.15) is 0 Å². The fourth-order valence-electron chi connectivity index (χ4n) is 1.01. The quantitative estimate of drug-likeness (QED) is 0.443. The van der Waals surface area contributed by atoms with Gasteiger partial charge >= 0.3 is 0 Å². The lowest BCUT2D eigenvalue weighted by atomic mass is 10.2. The van der Waals surface area contributed by atoms with Gasteiger partial charge in [0.25, 0.3) is 0 Å². The summed E-state index contributed by atoms with van der Waals surface area (Å²) in [6.07, 6.45) is 8.00. The maximum absolute atomic E-state index is 8.52. The Morgan fingerprint density at radius 1 is 1.08 bits per heavy atom. The molecule has 1 N–H and O–H groups in total. The number of thioether (sulfide) groups is 1. The molecule has 12 heavy (non-hydrogen) atoms. The third-order valence-electron chi connectivity index (χ3n) is 1.68. The Bertz CT molecular complexity index is 93.8. The van der Waals surface area contributed by atoms with Crippen molar-refractivity contribution in [3.8, 4) is 0 Å². The lowest BCUT2D eigenvalue weighted by Crippen LogP contribution is -1.85. The average Bonchev–Trinajstić information content (AvgIpc) is 2.10. The summed E-state index contributed by atoms with van der Waals surface area (Å²) >= 11 is 1.95. The molecule has 0 aromatic carbocycles. The van der Waals surface area contributed by atoms with Gasteiger partial charge in [-0.05, 0) is 18.6 Å². The van der Waals surface area contributed by atoms with E-state index in [1.54, 1.807) is 0 Å². The molecule has 0 radical (unpaired) electrons. The van der Waals surface area contributed by atoms with Gasteiger partial charge in [-0.2, -0.15) is 11.8 Å². The monoisotopic (exact) mass is 188 g/mol. The molecule has 0 amide bonds. The molecular formula is C10H20OS. The van der Waals surface area contributed by atoms with Crippen LogP contribution in [0.4, 0.5) is 0 Å². The molecule has 0 aromatic heterocycles. The van der Waals surface area contributed by atoms with Crippen LogP contribution >= 0.6 is 11.8 Å². The Morgan fingerprint density at radius 2 is 1.75 bits per heavy atom. The number of rotatable bonds is 9. The van der Waals surface area contributed by atoms with E-state index in [4.69, 9.17) is 5.11 Å². The Kier molecular flexibility index (Phi) is 11.1. The molecule has 0 unspecified atom stereocenters. The van der Waals surface area contributed by atoms with Crippen LogP contribution in [0.5, 0.6) is 0 Å². The first-order valence-corrected chi connectivity index (χ1v) is 5.86. The maximum atomic E-state index is 8.52. The summed E-state index contributed by atoms with van der Waals surface area (Å²) in [4.78, 5) is 0. The van der Waals surface area contributed by atoms with Crippen LogP contribution in [0.2, 0.25) is 0 Å². The minimum absolute atomic E-state index is 0.352. The Morgan fingerprint density at radius 3 is 2.42 bits per heavy atom. The predicted octanol–water partition coefficient (Wildman–Crippen LogP) is 2.85. The first kappa shape index (κ1) is 12.0. The molecule has 0 fully saturated rings. The molecule has 0 bridgehead atoms. The van der Waals surface area contributed by atoms with E-state index in [9.17, 15) is 0 Å². The zero-order valence-corrected chi connectivity index (χ0v) is 8.61. The highest BCUT2D eigenvalue weighted by atomic mass is 32.2. The molecule has 1 nitrogen and oxygen atoms in total. The van der Waals surface area contributed by atoms with Crippen molar-refractivity contribution in [2.24, 2.45) is 0 Å². The highest BCUT2D eigenvalue weighted by Gasteiger charge is 1.89. The van der Waals surface area contributed by atoms with Crippen LogP contribution in [-0.2, 0) is 0 Å².